The van der Waals surface area contributed by atoms with E-state index in [9.17, 15) is 0 Å². The molecule has 0 spiro atoms. The highest BCUT2D eigenvalue weighted by atomic mass is 16.5. The quantitative estimate of drug-likeness (QED) is 0.887. The van der Waals surface area contributed by atoms with Crippen molar-refractivity contribution in [3.8, 4) is 5.75 Å². The zero-order chi connectivity index (χ0) is 13.8. The van der Waals surface area contributed by atoms with E-state index in [2.05, 4.69) is 60.8 Å². The minimum absolute atomic E-state index is 0.420. The lowest BCUT2D eigenvalue weighted by atomic mass is 9.99. The minimum Gasteiger partial charge on any atom is -0.493 e. The van der Waals surface area contributed by atoms with E-state index in [-0.39, 0.29) is 0 Å². The summed E-state index contributed by atoms with van der Waals surface area (Å²) in [4.78, 5) is 0. The predicted molar refractivity (Wildman–Crippen MR) is 82.2 cm³/mol. The molecule has 0 aromatic heterocycles. The lowest BCUT2D eigenvalue weighted by Crippen LogP contribution is -2.26. The molecule has 0 fully saturated rings. The van der Waals surface area contributed by atoms with Crippen molar-refractivity contribution in [1.29, 1.82) is 0 Å². The van der Waals surface area contributed by atoms with Crippen LogP contribution in [0.4, 0.5) is 0 Å². The average Bonchev–Trinajstić information content (AvgIpc) is 2.92. The molecule has 1 N–H and O–H groups in total. The van der Waals surface area contributed by atoms with Crippen molar-refractivity contribution in [3.63, 3.8) is 0 Å². The lowest BCUT2D eigenvalue weighted by Gasteiger charge is -2.19. The van der Waals surface area contributed by atoms with E-state index in [0.29, 0.717) is 12.0 Å². The highest BCUT2D eigenvalue weighted by Gasteiger charge is 2.24. The molecule has 2 unspecified atom stereocenters. The molecular formula is C18H21NO. The summed E-state index contributed by atoms with van der Waals surface area (Å²) in [5.74, 6) is 1.51. The number of rotatable bonds is 5. The zero-order valence-electron chi connectivity index (χ0n) is 11.9. The van der Waals surface area contributed by atoms with Crippen LogP contribution >= 0.6 is 0 Å². The molecule has 0 radical (unpaired) electrons. The van der Waals surface area contributed by atoms with Crippen molar-refractivity contribution in [2.24, 2.45) is 0 Å². The number of hydrogen-bond acceptors (Lipinski definition) is 2. The number of ether oxygens (including phenoxy) is 1. The van der Waals surface area contributed by atoms with Crippen molar-refractivity contribution in [3.05, 3.63) is 65.7 Å². The Labute approximate surface area is 120 Å². The van der Waals surface area contributed by atoms with Gasteiger partial charge in [0.05, 0.1) is 6.61 Å². The van der Waals surface area contributed by atoms with E-state index >= 15 is 0 Å². The normalized spacial score (nSPS) is 18.4. The molecule has 2 heteroatoms. The monoisotopic (exact) mass is 267 g/mol. The summed E-state index contributed by atoms with van der Waals surface area (Å²) in [6, 6.07) is 19.5. The fourth-order valence-corrected chi connectivity index (χ4v) is 2.87. The van der Waals surface area contributed by atoms with Crippen molar-refractivity contribution < 1.29 is 4.74 Å². The van der Waals surface area contributed by atoms with Gasteiger partial charge in [0.1, 0.15) is 5.75 Å². The van der Waals surface area contributed by atoms with Gasteiger partial charge in [-0.3, -0.25) is 0 Å². The summed E-state index contributed by atoms with van der Waals surface area (Å²) < 4.78 is 5.74. The zero-order valence-corrected chi connectivity index (χ0v) is 11.9. The van der Waals surface area contributed by atoms with E-state index in [1.165, 1.54) is 11.1 Å². The largest absolute Gasteiger partial charge is 0.493 e. The Morgan fingerprint density at radius 3 is 2.65 bits per heavy atom. The van der Waals surface area contributed by atoms with Crippen LogP contribution in [-0.4, -0.2) is 13.2 Å². The number of fused-ring (bicyclic) bond motifs is 1. The number of benzene rings is 2. The second-order valence-corrected chi connectivity index (χ2v) is 5.33. The molecule has 0 amide bonds. The molecule has 3 rings (SSSR count). The Hall–Kier alpha value is -1.80. The van der Waals surface area contributed by atoms with Crippen LogP contribution in [0.15, 0.2) is 54.6 Å². The Bertz CT molecular complexity index is 550. The third kappa shape index (κ3) is 2.70. The molecule has 2 aromatic carbocycles. The first kappa shape index (κ1) is 13.2. The van der Waals surface area contributed by atoms with E-state index in [0.717, 1.165) is 25.3 Å². The van der Waals surface area contributed by atoms with E-state index in [1.54, 1.807) is 0 Å². The van der Waals surface area contributed by atoms with E-state index in [1.807, 2.05) is 6.07 Å². The second kappa shape index (κ2) is 6.10. The first-order chi connectivity index (χ1) is 9.88. The molecule has 1 heterocycles. The summed E-state index contributed by atoms with van der Waals surface area (Å²) in [5, 5.41) is 3.69. The Balaban J connectivity index is 1.65. The SMILES string of the molecule is CCC(NCC1COc2ccccc21)c1ccccc1. The van der Waals surface area contributed by atoms with Gasteiger partial charge in [-0.15, -0.1) is 0 Å². The average molecular weight is 267 g/mol. The summed E-state index contributed by atoms with van der Waals surface area (Å²) in [6.45, 7) is 3.98. The maximum Gasteiger partial charge on any atom is 0.122 e. The maximum atomic E-state index is 5.74. The minimum atomic E-state index is 0.420. The highest BCUT2D eigenvalue weighted by molar-refractivity contribution is 5.39. The van der Waals surface area contributed by atoms with Gasteiger partial charge in [-0.2, -0.15) is 0 Å². The van der Waals surface area contributed by atoms with Gasteiger partial charge in [0.25, 0.3) is 0 Å². The van der Waals surface area contributed by atoms with Crippen LogP contribution in [0, 0.1) is 0 Å². The highest BCUT2D eigenvalue weighted by Crippen LogP contribution is 2.33. The molecule has 2 atom stereocenters. The van der Waals surface area contributed by atoms with Crippen molar-refractivity contribution in [1.82, 2.24) is 5.32 Å². The van der Waals surface area contributed by atoms with Crippen LogP contribution in [0.1, 0.15) is 36.4 Å². The third-order valence-corrected chi connectivity index (χ3v) is 4.02. The van der Waals surface area contributed by atoms with Gasteiger partial charge >= 0.3 is 0 Å². The predicted octanol–water partition coefficient (Wildman–Crippen LogP) is 3.90. The summed E-state index contributed by atoms with van der Waals surface area (Å²) in [6.07, 6.45) is 1.10. The summed E-state index contributed by atoms with van der Waals surface area (Å²) in [5.41, 5.74) is 2.70. The first-order valence-electron chi connectivity index (χ1n) is 7.38. The van der Waals surface area contributed by atoms with E-state index in [4.69, 9.17) is 4.74 Å². The topological polar surface area (TPSA) is 21.3 Å². The van der Waals surface area contributed by atoms with Gasteiger partial charge in [0.15, 0.2) is 0 Å². The number of hydrogen-bond donors (Lipinski definition) is 1. The Morgan fingerprint density at radius 2 is 1.85 bits per heavy atom. The van der Waals surface area contributed by atoms with E-state index < -0.39 is 0 Å². The molecule has 2 aromatic rings. The standard InChI is InChI=1S/C18H21NO/c1-2-17(14-8-4-3-5-9-14)19-12-15-13-20-18-11-7-6-10-16(15)18/h3-11,15,17,19H,2,12-13H2,1H3. The summed E-state index contributed by atoms with van der Waals surface area (Å²) >= 11 is 0. The Kier molecular flexibility index (Phi) is 4.03. The molecule has 0 aliphatic carbocycles. The fourth-order valence-electron chi connectivity index (χ4n) is 2.87. The molecule has 2 nitrogen and oxygen atoms in total. The first-order valence-corrected chi connectivity index (χ1v) is 7.38. The third-order valence-electron chi connectivity index (χ3n) is 4.02. The van der Waals surface area contributed by atoms with Crippen molar-refractivity contribution >= 4 is 0 Å². The van der Waals surface area contributed by atoms with Gasteiger partial charge in [0, 0.05) is 24.1 Å². The van der Waals surface area contributed by atoms with Crippen molar-refractivity contribution in [2.75, 3.05) is 13.2 Å². The molecule has 1 aliphatic heterocycles. The van der Waals surface area contributed by atoms with Gasteiger partial charge in [-0.25, -0.2) is 0 Å². The molecule has 0 saturated carbocycles. The lowest BCUT2D eigenvalue weighted by molar-refractivity contribution is 0.321. The fraction of sp³-hybridized carbons (Fsp3) is 0.333. The smallest absolute Gasteiger partial charge is 0.122 e. The van der Waals surface area contributed by atoms with Crippen molar-refractivity contribution in [2.45, 2.75) is 25.3 Å². The Morgan fingerprint density at radius 1 is 1.10 bits per heavy atom. The van der Waals surface area contributed by atoms with Gasteiger partial charge < -0.3 is 10.1 Å². The van der Waals surface area contributed by atoms with Crippen LogP contribution < -0.4 is 10.1 Å². The number of nitrogens with one attached hydrogen (secondary N) is 1. The molecule has 0 saturated heterocycles. The van der Waals surface area contributed by atoms with Crippen LogP contribution in [0.5, 0.6) is 5.75 Å². The van der Waals surface area contributed by atoms with Crippen LogP contribution in [0.3, 0.4) is 0 Å². The molecule has 20 heavy (non-hydrogen) atoms. The van der Waals surface area contributed by atoms with Gasteiger partial charge in [-0.05, 0) is 18.1 Å². The molecule has 1 aliphatic rings. The van der Waals surface area contributed by atoms with Gasteiger partial charge in [0.2, 0.25) is 0 Å². The molecular weight excluding hydrogens is 246 g/mol. The summed E-state index contributed by atoms with van der Waals surface area (Å²) in [7, 11) is 0. The van der Waals surface area contributed by atoms with Crippen LogP contribution in [0.2, 0.25) is 0 Å². The van der Waals surface area contributed by atoms with Crippen LogP contribution in [-0.2, 0) is 0 Å². The second-order valence-electron chi connectivity index (χ2n) is 5.33. The maximum absolute atomic E-state index is 5.74. The van der Waals surface area contributed by atoms with Gasteiger partial charge in [-0.1, -0.05) is 55.5 Å². The molecule has 104 valence electrons. The number of para-hydroxylation sites is 1. The molecule has 0 bridgehead atoms. The van der Waals surface area contributed by atoms with Crippen LogP contribution in [0.25, 0.3) is 0 Å².